The lowest BCUT2D eigenvalue weighted by atomic mass is 10.00. The number of hydrogen-bond donors (Lipinski definition) is 2. The van der Waals surface area contributed by atoms with Crippen molar-refractivity contribution in [2.75, 3.05) is 0 Å². The second kappa shape index (κ2) is 3.96. The predicted octanol–water partition coefficient (Wildman–Crippen LogP) is 0.773. The van der Waals surface area contributed by atoms with E-state index in [-0.39, 0.29) is 24.0 Å². The molecular weight excluding hydrogens is 180 g/mol. The van der Waals surface area contributed by atoms with Gasteiger partial charge in [-0.15, -0.1) is 12.4 Å². The van der Waals surface area contributed by atoms with Gasteiger partial charge in [0, 0.05) is 0 Å². The van der Waals surface area contributed by atoms with Crippen molar-refractivity contribution in [2.24, 2.45) is 11.5 Å². The maximum absolute atomic E-state index is 10.4. The lowest BCUT2D eigenvalue weighted by Crippen LogP contribution is -2.46. The quantitative estimate of drug-likeness (QED) is 0.648. The van der Waals surface area contributed by atoms with Gasteiger partial charge in [0.15, 0.2) is 0 Å². The number of carbonyl (C=O) groups is 1. The summed E-state index contributed by atoms with van der Waals surface area (Å²) in [5.74, 6) is 0. The molecule has 0 heterocycles. The molecule has 12 heavy (non-hydrogen) atoms. The molecule has 0 aromatic carbocycles. The maximum Gasteiger partial charge on any atom is 0.404 e. The summed E-state index contributed by atoms with van der Waals surface area (Å²) in [5, 5.41) is 0. The van der Waals surface area contributed by atoms with Gasteiger partial charge in [-0.2, -0.15) is 0 Å². The van der Waals surface area contributed by atoms with Crippen LogP contribution in [-0.4, -0.2) is 17.7 Å². The molecule has 1 amide bonds. The van der Waals surface area contributed by atoms with Crippen molar-refractivity contribution in [3.8, 4) is 0 Å². The molecule has 5 heteroatoms. The summed E-state index contributed by atoms with van der Waals surface area (Å²) in [4.78, 5) is 10.4. The SMILES string of the molecule is CC1(N)CCCC1OC(N)=O.Cl. The number of ether oxygens (including phenoxy) is 1. The van der Waals surface area contributed by atoms with Crippen molar-refractivity contribution in [3.05, 3.63) is 0 Å². The molecule has 0 aliphatic heterocycles. The van der Waals surface area contributed by atoms with Crippen LogP contribution in [0.5, 0.6) is 0 Å². The zero-order valence-electron chi connectivity index (χ0n) is 7.08. The van der Waals surface area contributed by atoms with Crippen molar-refractivity contribution in [1.29, 1.82) is 0 Å². The minimum absolute atomic E-state index is 0. The molecule has 2 unspecified atom stereocenters. The second-order valence-corrected chi connectivity index (χ2v) is 3.32. The Morgan fingerprint density at radius 2 is 2.25 bits per heavy atom. The van der Waals surface area contributed by atoms with Crippen LogP contribution in [0.2, 0.25) is 0 Å². The Labute approximate surface area is 78.0 Å². The maximum atomic E-state index is 10.4. The molecular formula is C7H15ClN2O2. The van der Waals surface area contributed by atoms with E-state index < -0.39 is 6.09 Å². The molecule has 72 valence electrons. The highest BCUT2D eigenvalue weighted by Gasteiger charge is 2.37. The Balaban J connectivity index is 0.00000121. The second-order valence-electron chi connectivity index (χ2n) is 3.32. The van der Waals surface area contributed by atoms with Gasteiger partial charge >= 0.3 is 6.09 Å². The topological polar surface area (TPSA) is 78.3 Å². The molecule has 1 fully saturated rings. The van der Waals surface area contributed by atoms with Gasteiger partial charge in [-0.3, -0.25) is 0 Å². The first-order valence-electron chi connectivity index (χ1n) is 3.77. The number of amides is 1. The summed E-state index contributed by atoms with van der Waals surface area (Å²) in [6.07, 6.45) is 1.81. The summed E-state index contributed by atoms with van der Waals surface area (Å²) in [6.45, 7) is 1.88. The molecule has 0 aromatic rings. The van der Waals surface area contributed by atoms with E-state index in [4.69, 9.17) is 16.2 Å². The fourth-order valence-corrected chi connectivity index (χ4v) is 1.49. The number of nitrogens with two attached hydrogens (primary N) is 2. The number of halogens is 1. The van der Waals surface area contributed by atoms with E-state index in [2.05, 4.69) is 0 Å². The van der Waals surface area contributed by atoms with Gasteiger partial charge in [-0.05, 0) is 26.2 Å². The molecule has 0 aromatic heterocycles. The summed E-state index contributed by atoms with van der Waals surface area (Å²) in [7, 11) is 0. The highest BCUT2D eigenvalue weighted by Crippen LogP contribution is 2.29. The van der Waals surface area contributed by atoms with E-state index in [1.54, 1.807) is 0 Å². The van der Waals surface area contributed by atoms with Crippen LogP contribution in [0.1, 0.15) is 26.2 Å². The van der Waals surface area contributed by atoms with E-state index in [0.29, 0.717) is 0 Å². The number of primary amides is 1. The van der Waals surface area contributed by atoms with Crippen LogP contribution >= 0.6 is 12.4 Å². The molecule has 0 spiro atoms. The van der Waals surface area contributed by atoms with Crippen molar-refractivity contribution in [3.63, 3.8) is 0 Å². The van der Waals surface area contributed by atoms with Gasteiger partial charge in [0.2, 0.25) is 0 Å². The van der Waals surface area contributed by atoms with Crippen LogP contribution in [0.15, 0.2) is 0 Å². The zero-order chi connectivity index (χ0) is 8.48. The van der Waals surface area contributed by atoms with E-state index in [1.165, 1.54) is 0 Å². The number of rotatable bonds is 1. The largest absolute Gasteiger partial charge is 0.444 e. The molecule has 4 N–H and O–H groups in total. The van der Waals surface area contributed by atoms with Gasteiger partial charge in [0.25, 0.3) is 0 Å². The summed E-state index contributed by atoms with van der Waals surface area (Å²) in [6, 6.07) is 0. The number of hydrogen-bond acceptors (Lipinski definition) is 3. The average Bonchev–Trinajstić information content (AvgIpc) is 2.10. The van der Waals surface area contributed by atoms with E-state index in [1.807, 2.05) is 6.92 Å². The van der Waals surface area contributed by atoms with Gasteiger partial charge in [-0.1, -0.05) is 0 Å². The number of carbonyl (C=O) groups excluding carboxylic acids is 1. The van der Waals surface area contributed by atoms with Crippen LogP contribution in [0.25, 0.3) is 0 Å². The minimum atomic E-state index is -0.728. The van der Waals surface area contributed by atoms with Crippen LogP contribution in [-0.2, 0) is 4.74 Å². The first-order chi connectivity index (χ1) is 5.02. The first kappa shape index (κ1) is 11.5. The highest BCUT2D eigenvalue weighted by molar-refractivity contribution is 5.85. The van der Waals surface area contributed by atoms with Gasteiger partial charge in [0.05, 0.1) is 5.54 Å². The highest BCUT2D eigenvalue weighted by atomic mass is 35.5. The molecule has 0 bridgehead atoms. The molecule has 0 radical (unpaired) electrons. The van der Waals surface area contributed by atoms with Gasteiger partial charge in [0.1, 0.15) is 6.10 Å². The Morgan fingerprint density at radius 1 is 1.67 bits per heavy atom. The normalized spacial score (nSPS) is 34.0. The summed E-state index contributed by atoms with van der Waals surface area (Å²) in [5.41, 5.74) is 10.3. The third kappa shape index (κ3) is 2.53. The first-order valence-corrected chi connectivity index (χ1v) is 3.77. The van der Waals surface area contributed by atoms with E-state index in [9.17, 15) is 4.79 Å². The van der Waals surface area contributed by atoms with Gasteiger partial charge < -0.3 is 16.2 Å². The van der Waals surface area contributed by atoms with Crippen LogP contribution < -0.4 is 11.5 Å². The smallest absolute Gasteiger partial charge is 0.404 e. The van der Waals surface area contributed by atoms with E-state index >= 15 is 0 Å². The van der Waals surface area contributed by atoms with Crippen molar-refractivity contribution < 1.29 is 9.53 Å². The molecule has 1 aliphatic rings. The Kier molecular flexibility index (Phi) is 3.80. The van der Waals surface area contributed by atoms with Crippen molar-refractivity contribution in [2.45, 2.75) is 37.8 Å². The fraction of sp³-hybridized carbons (Fsp3) is 0.857. The predicted molar refractivity (Wildman–Crippen MR) is 48.1 cm³/mol. The lowest BCUT2D eigenvalue weighted by molar-refractivity contribution is 0.0761. The van der Waals surface area contributed by atoms with Crippen molar-refractivity contribution in [1.82, 2.24) is 0 Å². The minimum Gasteiger partial charge on any atom is -0.444 e. The third-order valence-electron chi connectivity index (χ3n) is 2.18. The molecule has 1 aliphatic carbocycles. The summed E-state index contributed by atoms with van der Waals surface area (Å²) < 4.78 is 4.84. The molecule has 2 atom stereocenters. The molecule has 1 rings (SSSR count). The van der Waals surface area contributed by atoms with Crippen LogP contribution in [0.4, 0.5) is 4.79 Å². The van der Waals surface area contributed by atoms with Crippen LogP contribution in [0, 0.1) is 0 Å². The molecule has 4 nitrogen and oxygen atoms in total. The summed E-state index contributed by atoms with van der Waals surface area (Å²) >= 11 is 0. The molecule has 0 saturated heterocycles. The van der Waals surface area contributed by atoms with Crippen LogP contribution in [0.3, 0.4) is 0 Å². The Hall–Kier alpha value is -0.480. The van der Waals surface area contributed by atoms with E-state index in [0.717, 1.165) is 19.3 Å². The monoisotopic (exact) mass is 194 g/mol. The average molecular weight is 195 g/mol. The standard InChI is InChI=1S/C7H14N2O2.ClH/c1-7(9)4-2-3-5(7)11-6(8)10;/h5H,2-4,9H2,1H3,(H2,8,10);1H. The zero-order valence-corrected chi connectivity index (χ0v) is 7.89. The van der Waals surface area contributed by atoms with Gasteiger partial charge in [-0.25, -0.2) is 4.79 Å². The Bertz CT molecular complexity index is 173. The third-order valence-corrected chi connectivity index (χ3v) is 2.18. The Morgan fingerprint density at radius 3 is 2.58 bits per heavy atom. The van der Waals surface area contributed by atoms with Crippen molar-refractivity contribution >= 4 is 18.5 Å². The lowest BCUT2D eigenvalue weighted by Gasteiger charge is -2.25. The fourth-order valence-electron chi connectivity index (χ4n) is 1.49. The molecule has 1 saturated carbocycles.